The number of piperidine rings is 1. The highest BCUT2D eigenvalue weighted by Crippen LogP contribution is 2.43. The smallest absolute Gasteiger partial charge is 0.251 e. The fourth-order valence-corrected chi connectivity index (χ4v) is 5.74. The summed E-state index contributed by atoms with van der Waals surface area (Å²) >= 11 is 0. The Morgan fingerprint density at radius 1 is 1.08 bits per heavy atom. The van der Waals surface area contributed by atoms with Crippen LogP contribution in [0.4, 0.5) is 0 Å². The summed E-state index contributed by atoms with van der Waals surface area (Å²) in [6, 6.07) is 15.0. The first-order valence-corrected chi connectivity index (χ1v) is 12.8. The summed E-state index contributed by atoms with van der Waals surface area (Å²) in [7, 11) is 0. The lowest BCUT2D eigenvalue weighted by molar-refractivity contribution is -0.141. The summed E-state index contributed by atoms with van der Waals surface area (Å²) in [6.45, 7) is 7.85. The summed E-state index contributed by atoms with van der Waals surface area (Å²) in [5, 5.41) is 12.8. The lowest BCUT2D eigenvalue weighted by Gasteiger charge is -2.46. The van der Waals surface area contributed by atoms with Crippen molar-refractivity contribution in [3.05, 3.63) is 65.2 Å². The standard InChI is InChI=1S/C28H36N2O3.CH3NO/c1-19-7-6-8-21(17-19)26(32)29-25-10-5-4-9-23(25)27(33)30-16-15-24(28(2,3)18-30)20-11-13-22(31)14-12-20;2-1-3/h6-8,11-14,17,23-25,31H,4-5,9-10,15-16,18H2,1-3H3,(H,29,32);1H,(H2,2,3). The number of carbonyl (C=O) groups is 3. The number of nitrogens with one attached hydrogen (secondary N) is 1. The van der Waals surface area contributed by atoms with Gasteiger partial charge in [0.2, 0.25) is 12.3 Å². The zero-order valence-electron chi connectivity index (χ0n) is 21.6. The molecule has 7 heteroatoms. The van der Waals surface area contributed by atoms with E-state index >= 15 is 0 Å². The van der Waals surface area contributed by atoms with Crippen molar-refractivity contribution in [1.29, 1.82) is 0 Å². The number of amides is 3. The number of nitrogens with zero attached hydrogens (tertiary/aromatic N) is 1. The van der Waals surface area contributed by atoms with E-state index in [9.17, 15) is 14.7 Å². The highest BCUT2D eigenvalue weighted by molar-refractivity contribution is 5.95. The molecule has 3 unspecified atom stereocenters. The van der Waals surface area contributed by atoms with Crippen LogP contribution in [0, 0.1) is 18.3 Å². The molecule has 1 aliphatic heterocycles. The molecular formula is C29H39N3O4. The van der Waals surface area contributed by atoms with Gasteiger partial charge in [-0.05, 0) is 67.3 Å². The zero-order valence-corrected chi connectivity index (χ0v) is 21.6. The van der Waals surface area contributed by atoms with Crippen molar-refractivity contribution >= 4 is 18.2 Å². The molecule has 3 amide bonds. The molecule has 2 aromatic rings. The molecule has 2 fully saturated rings. The molecular weight excluding hydrogens is 454 g/mol. The fraction of sp³-hybridized carbons (Fsp3) is 0.483. The van der Waals surface area contributed by atoms with E-state index < -0.39 is 0 Å². The van der Waals surface area contributed by atoms with Crippen LogP contribution in [0.1, 0.15) is 73.4 Å². The maximum Gasteiger partial charge on any atom is 0.251 e. The summed E-state index contributed by atoms with van der Waals surface area (Å²) in [5.41, 5.74) is 7.02. The molecule has 36 heavy (non-hydrogen) atoms. The van der Waals surface area contributed by atoms with Gasteiger partial charge in [0.1, 0.15) is 5.75 Å². The van der Waals surface area contributed by atoms with E-state index in [2.05, 4.69) is 24.9 Å². The predicted octanol–water partition coefficient (Wildman–Crippen LogP) is 4.13. The Morgan fingerprint density at radius 2 is 1.75 bits per heavy atom. The quantitative estimate of drug-likeness (QED) is 0.556. The van der Waals surface area contributed by atoms with E-state index in [0.717, 1.165) is 44.2 Å². The van der Waals surface area contributed by atoms with Crippen LogP contribution in [0.5, 0.6) is 5.75 Å². The minimum atomic E-state index is -0.159. The minimum Gasteiger partial charge on any atom is -0.508 e. The Balaban J connectivity index is 0.00000115. The van der Waals surface area contributed by atoms with E-state index in [-0.39, 0.29) is 41.3 Å². The molecule has 194 valence electrons. The van der Waals surface area contributed by atoms with Gasteiger partial charge in [-0.3, -0.25) is 14.4 Å². The monoisotopic (exact) mass is 493 g/mol. The van der Waals surface area contributed by atoms with Crippen LogP contribution in [-0.4, -0.2) is 47.4 Å². The molecule has 0 bridgehead atoms. The number of aryl methyl sites for hydroxylation is 1. The molecule has 1 heterocycles. The summed E-state index contributed by atoms with van der Waals surface area (Å²) in [4.78, 5) is 37.1. The number of carbonyl (C=O) groups excluding carboxylic acids is 3. The lowest BCUT2D eigenvalue weighted by atomic mass is 9.70. The van der Waals surface area contributed by atoms with Crippen LogP contribution < -0.4 is 11.1 Å². The van der Waals surface area contributed by atoms with E-state index in [0.29, 0.717) is 18.0 Å². The molecule has 7 nitrogen and oxygen atoms in total. The topological polar surface area (TPSA) is 113 Å². The van der Waals surface area contributed by atoms with Gasteiger partial charge < -0.3 is 21.1 Å². The number of aromatic hydroxyl groups is 1. The number of primary amides is 1. The predicted molar refractivity (Wildman–Crippen MR) is 140 cm³/mol. The van der Waals surface area contributed by atoms with Crippen LogP contribution in [-0.2, 0) is 9.59 Å². The molecule has 2 aliphatic rings. The van der Waals surface area contributed by atoms with Crippen LogP contribution in [0.15, 0.2) is 48.5 Å². The van der Waals surface area contributed by atoms with E-state index in [1.165, 1.54) is 5.56 Å². The van der Waals surface area contributed by atoms with Gasteiger partial charge in [-0.1, -0.05) is 56.5 Å². The van der Waals surface area contributed by atoms with Gasteiger partial charge in [0.15, 0.2) is 0 Å². The highest BCUT2D eigenvalue weighted by Gasteiger charge is 2.42. The number of phenolic OH excluding ortho intramolecular Hbond substituents is 1. The van der Waals surface area contributed by atoms with Crippen molar-refractivity contribution in [2.75, 3.05) is 13.1 Å². The number of hydrogen-bond donors (Lipinski definition) is 3. The van der Waals surface area contributed by atoms with Crippen molar-refractivity contribution in [2.45, 2.75) is 64.8 Å². The number of hydrogen-bond acceptors (Lipinski definition) is 4. The molecule has 1 saturated carbocycles. The SMILES string of the molecule is Cc1cccc(C(=O)NC2CCCCC2C(=O)N2CCC(c3ccc(O)cc3)C(C)(C)C2)c1.NC=O. The van der Waals surface area contributed by atoms with Crippen molar-refractivity contribution in [1.82, 2.24) is 10.2 Å². The van der Waals surface area contributed by atoms with Crippen LogP contribution in [0.3, 0.4) is 0 Å². The Morgan fingerprint density at radius 3 is 2.39 bits per heavy atom. The molecule has 1 saturated heterocycles. The second kappa shape index (κ2) is 12.1. The Kier molecular flexibility index (Phi) is 9.13. The molecule has 4 rings (SSSR count). The first-order chi connectivity index (χ1) is 17.2. The van der Waals surface area contributed by atoms with Crippen molar-refractivity contribution in [3.63, 3.8) is 0 Å². The number of likely N-dealkylation sites (tertiary alicyclic amines) is 1. The van der Waals surface area contributed by atoms with Crippen molar-refractivity contribution in [2.24, 2.45) is 17.1 Å². The van der Waals surface area contributed by atoms with Gasteiger partial charge in [0.05, 0.1) is 5.92 Å². The van der Waals surface area contributed by atoms with Gasteiger partial charge in [0.25, 0.3) is 5.91 Å². The Labute approximate surface area is 214 Å². The third-order valence-electron chi connectivity index (χ3n) is 7.52. The zero-order chi connectivity index (χ0) is 26.3. The lowest BCUT2D eigenvalue weighted by Crippen LogP contribution is -2.54. The molecule has 1 aliphatic carbocycles. The largest absolute Gasteiger partial charge is 0.508 e. The molecule has 0 spiro atoms. The first kappa shape index (κ1) is 27.2. The molecule has 2 aromatic carbocycles. The van der Waals surface area contributed by atoms with Gasteiger partial charge in [-0.25, -0.2) is 0 Å². The van der Waals surface area contributed by atoms with Gasteiger partial charge >= 0.3 is 0 Å². The molecule has 0 aromatic heterocycles. The molecule has 0 radical (unpaired) electrons. The van der Waals surface area contributed by atoms with Crippen LogP contribution in [0.2, 0.25) is 0 Å². The highest BCUT2D eigenvalue weighted by atomic mass is 16.3. The minimum absolute atomic E-state index is 0.0696. The van der Waals surface area contributed by atoms with Crippen LogP contribution in [0.25, 0.3) is 0 Å². The first-order valence-electron chi connectivity index (χ1n) is 12.8. The normalized spacial score (nSPS) is 23.1. The maximum absolute atomic E-state index is 13.7. The second-order valence-corrected chi connectivity index (χ2v) is 10.7. The van der Waals surface area contributed by atoms with Crippen molar-refractivity contribution < 1.29 is 19.5 Å². The number of nitrogens with two attached hydrogens (primary N) is 1. The van der Waals surface area contributed by atoms with Crippen molar-refractivity contribution in [3.8, 4) is 5.75 Å². The number of phenols is 1. The number of benzene rings is 2. The molecule has 3 atom stereocenters. The Hall–Kier alpha value is -3.35. The third kappa shape index (κ3) is 6.65. The fourth-order valence-electron chi connectivity index (χ4n) is 5.74. The van der Waals surface area contributed by atoms with Gasteiger partial charge in [0, 0.05) is 24.7 Å². The summed E-state index contributed by atoms with van der Waals surface area (Å²) in [6.07, 6.45) is 4.89. The molecule has 4 N–H and O–H groups in total. The van der Waals surface area contributed by atoms with E-state index in [1.807, 2.05) is 48.2 Å². The third-order valence-corrected chi connectivity index (χ3v) is 7.52. The second-order valence-electron chi connectivity index (χ2n) is 10.7. The van der Waals surface area contributed by atoms with Gasteiger partial charge in [-0.2, -0.15) is 0 Å². The summed E-state index contributed by atoms with van der Waals surface area (Å²) in [5.74, 6) is 0.551. The summed E-state index contributed by atoms with van der Waals surface area (Å²) < 4.78 is 0. The van der Waals surface area contributed by atoms with E-state index in [4.69, 9.17) is 4.79 Å². The average molecular weight is 494 g/mol. The average Bonchev–Trinajstić information content (AvgIpc) is 2.84. The van der Waals surface area contributed by atoms with E-state index in [1.54, 1.807) is 12.1 Å². The number of rotatable bonds is 4. The Bertz CT molecular complexity index is 1050. The maximum atomic E-state index is 13.7. The van der Waals surface area contributed by atoms with Crippen LogP contribution >= 0.6 is 0 Å². The van der Waals surface area contributed by atoms with Gasteiger partial charge in [-0.15, -0.1) is 0 Å².